The average Bonchev–Trinajstić information content (AvgIpc) is 2.24. The molecular weight excluding hydrogens is 220 g/mol. The number of rotatable bonds is 1. The zero-order valence-electron chi connectivity index (χ0n) is 10.7. The smallest absolute Gasteiger partial charge is 0.178 e. The van der Waals surface area contributed by atoms with Crippen LogP contribution in [0.25, 0.3) is 0 Å². The molecule has 0 radical (unpaired) electrons. The van der Waals surface area contributed by atoms with Gasteiger partial charge >= 0.3 is 0 Å². The summed E-state index contributed by atoms with van der Waals surface area (Å²) >= 11 is 2.85. The molecule has 0 amide bonds. The standard InChI is InChI=1S/C8H5BrN2O/c1-5(12)8-3-6(9)2-7(4-10)11-8/h2-3H,1H3/i1D3,2D,3D. The lowest BCUT2D eigenvalue weighted by Crippen LogP contribution is -1.98. The van der Waals surface area contributed by atoms with E-state index in [0.717, 1.165) is 0 Å². The van der Waals surface area contributed by atoms with Gasteiger partial charge in [0.2, 0.25) is 0 Å². The van der Waals surface area contributed by atoms with Gasteiger partial charge in [0.05, 0.1) is 2.74 Å². The van der Waals surface area contributed by atoms with E-state index in [1.807, 2.05) is 0 Å². The summed E-state index contributed by atoms with van der Waals surface area (Å²) in [6.07, 6.45) is 0. The average molecular weight is 230 g/mol. The van der Waals surface area contributed by atoms with Crippen LogP contribution < -0.4 is 0 Å². The molecule has 0 aliphatic carbocycles. The molecule has 0 atom stereocenters. The van der Waals surface area contributed by atoms with Gasteiger partial charge in [0.25, 0.3) is 0 Å². The van der Waals surface area contributed by atoms with Gasteiger partial charge in [0.1, 0.15) is 17.5 Å². The second kappa shape index (κ2) is 3.46. The molecule has 4 heteroatoms. The van der Waals surface area contributed by atoms with Crippen LogP contribution in [0.15, 0.2) is 16.6 Å². The van der Waals surface area contributed by atoms with Crippen LogP contribution in [0.1, 0.15) is 29.9 Å². The molecule has 12 heavy (non-hydrogen) atoms. The summed E-state index contributed by atoms with van der Waals surface area (Å²) in [5.74, 6) is -1.32. The van der Waals surface area contributed by atoms with E-state index in [1.165, 1.54) is 0 Å². The topological polar surface area (TPSA) is 53.8 Å². The highest BCUT2D eigenvalue weighted by atomic mass is 79.9. The first-order valence-corrected chi connectivity index (χ1v) is 3.61. The van der Waals surface area contributed by atoms with E-state index in [-0.39, 0.29) is 10.5 Å². The number of halogens is 1. The van der Waals surface area contributed by atoms with E-state index in [0.29, 0.717) is 0 Å². The van der Waals surface area contributed by atoms with Crippen molar-refractivity contribution in [2.45, 2.75) is 6.85 Å². The number of hydrogen-bond donors (Lipinski definition) is 0. The fourth-order valence-electron chi connectivity index (χ4n) is 0.567. The largest absolute Gasteiger partial charge is 0.293 e. The van der Waals surface area contributed by atoms with Crippen LogP contribution in [0.4, 0.5) is 0 Å². The molecule has 0 bridgehead atoms. The lowest BCUT2D eigenvalue weighted by Gasteiger charge is -1.96. The fraction of sp³-hybridized carbons (Fsp3) is 0.125. The number of carbonyl (C=O) groups excluding carboxylic acids is 1. The third-order valence-electron chi connectivity index (χ3n) is 1.00. The summed E-state index contributed by atoms with van der Waals surface area (Å²) in [6, 6.07) is 0.710. The number of carbonyl (C=O) groups is 1. The fourth-order valence-corrected chi connectivity index (χ4v) is 0.943. The van der Waals surface area contributed by atoms with Crippen LogP contribution in [0.2, 0.25) is 0 Å². The van der Waals surface area contributed by atoms with Crippen LogP contribution in [-0.4, -0.2) is 10.8 Å². The van der Waals surface area contributed by atoms with Crippen LogP contribution in [-0.2, 0) is 0 Å². The van der Waals surface area contributed by atoms with Crippen LogP contribution >= 0.6 is 15.9 Å². The zero-order chi connectivity index (χ0) is 13.4. The summed E-state index contributed by atoms with van der Waals surface area (Å²) in [5, 5.41) is 8.68. The highest BCUT2D eigenvalue weighted by Gasteiger charge is 2.04. The molecule has 0 saturated carbocycles. The van der Waals surface area contributed by atoms with Gasteiger partial charge in [-0.15, -0.1) is 0 Å². The number of aromatic nitrogens is 1. The molecule has 0 aliphatic rings. The number of ketones is 1. The Morgan fingerprint density at radius 1 is 1.92 bits per heavy atom. The predicted octanol–water partition coefficient (Wildman–Crippen LogP) is 1.92. The first-order chi connectivity index (χ1) is 7.70. The Kier molecular flexibility index (Phi) is 1.20. The van der Waals surface area contributed by atoms with Crippen molar-refractivity contribution in [3.05, 3.63) is 27.9 Å². The van der Waals surface area contributed by atoms with E-state index in [1.54, 1.807) is 6.07 Å². The van der Waals surface area contributed by atoms with E-state index in [4.69, 9.17) is 12.1 Å². The van der Waals surface area contributed by atoms with Crippen LogP contribution in [0.5, 0.6) is 0 Å². The van der Waals surface area contributed by atoms with Gasteiger partial charge in [-0.3, -0.25) is 4.79 Å². The molecule has 0 spiro atoms. The summed E-state index contributed by atoms with van der Waals surface area (Å²) in [6.45, 7) is -2.93. The number of hydrogen-bond acceptors (Lipinski definition) is 3. The third-order valence-corrected chi connectivity index (χ3v) is 1.40. The van der Waals surface area contributed by atoms with E-state index < -0.39 is 30.1 Å². The summed E-state index contributed by atoms with van der Waals surface area (Å²) < 4.78 is 35.6. The van der Waals surface area contributed by atoms with E-state index in [9.17, 15) is 4.79 Å². The van der Waals surface area contributed by atoms with Crippen molar-refractivity contribution < 1.29 is 11.6 Å². The number of Topliss-reactive ketones (excluding diaryl/α,β-unsaturated/α-hetero) is 1. The maximum atomic E-state index is 11.5. The molecule has 1 rings (SSSR count). The van der Waals surface area contributed by atoms with Crippen molar-refractivity contribution in [3.8, 4) is 6.07 Å². The molecule has 60 valence electrons. The Bertz CT molecular complexity index is 534. The van der Waals surface area contributed by atoms with Gasteiger partial charge in [0.15, 0.2) is 5.78 Å². The Balaban J connectivity index is 3.53. The minimum Gasteiger partial charge on any atom is -0.293 e. The van der Waals surface area contributed by atoms with Gasteiger partial charge in [-0.05, 0) is 12.1 Å². The Morgan fingerprint density at radius 2 is 2.67 bits per heavy atom. The summed E-state index contributed by atoms with van der Waals surface area (Å²) in [7, 11) is 0. The number of pyridine rings is 1. The Labute approximate surface area is 85.2 Å². The molecule has 0 fully saturated rings. The van der Waals surface area contributed by atoms with Crippen molar-refractivity contribution >= 4 is 21.7 Å². The van der Waals surface area contributed by atoms with Crippen molar-refractivity contribution in [1.29, 1.82) is 5.26 Å². The van der Waals surface area contributed by atoms with Crippen molar-refractivity contribution in [2.24, 2.45) is 0 Å². The third kappa shape index (κ3) is 1.89. The Morgan fingerprint density at radius 3 is 3.25 bits per heavy atom. The van der Waals surface area contributed by atoms with Crippen LogP contribution in [0, 0.1) is 11.3 Å². The summed E-state index contributed by atoms with van der Waals surface area (Å²) in [4.78, 5) is 14.9. The lowest BCUT2D eigenvalue weighted by atomic mass is 10.2. The van der Waals surface area contributed by atoms with Gasteiger partial charge in [-0.1, -0.05) is 15.9 Å². The van der Waals surface area contributed by atoms with E-state index in [2.05, 4.69) is 20.9 Å². The molecule has 1 aromatic heterocycles. The Hall–Kier alpha value is -1.21. The zero-order valence-corrected chi connectivity index (χ0v) is 7.27. The molecule has 1 aromatic rings. The maximum Gasteiger partial charge on any atom is 0.178 e. The molecule has 0 N–H and O–H groups in total. The molecule has 0 aromatic carbocycles. The summed E-state index contributed by atoms with van der Waals surface area (Å²) in [5.41, 5.74) is -1.04. The minimum absolute atomic E-state index is 0.128. The molecule has 3 nitrogen and oxygen atoms in total. The molecule has 0 aliphatic heterocycles. The highest BCUT2D eigenvalue weighted by molar-refractivity contribution is 9.10. The normalized spacial score (nSPS) is 16.2. The quantitative estimate of drug-likeness (QED) is 0.692. The first kappa shape index (κ1) is 4.15. The maximum absolute atomic E-state index is 11.5. The molecule has 0 saturated heterocycles. The second-order valence-corrected chi connectivity index (χ2v) is 2.61. The first-order valence-electron chi connectivity index (χ1n) is 5.31. The van der Waals surface area contributed by atoms with Crippen molar-refractivity contribution in [3.63, 3.8) is 0 Å². The molecule has 1 heterocycles. The number of nitrogens with zero attached hydrogens (tertiary/aromatic N) is 2. The lowest BCUT2D eigenvalue weighted by molar-refractivity contribution is 0.101. The van der Waals surface area contributed by atoms with Gasteiger partial charge in [-0.25, -0.2) is 4.98 Å². The van der Waals surface area contributed by atoms with Crippen LogP contribution in [0.3, 0.4) is 0 Å². The second-order valence-electron chi connectivity index (χ2n) is 1.81. The van der Waals surface area contributed by atoms with E-state index >= 15 is 0 Å². The SMILES string of the molecule is [2H]c1c(C#N)nc(C(=O)C([2H])([2H])[2H])c([2H])c1Br. The monoisotopic (exact) mass is 229 g/mol. The van der Waals surface area contributed by atoms with Gasteiger partial charge in [0, 0.05) is 15.4 Å². The van der Waals surface area contributed by atoms with Gasteiger partial charge < -0.3 is 0 Å². The number of nitriles is 1. The van der Waals surface area contributed by atoms with Crippen molar-refractivity contribution in [1.82, 2.24) is 4.98 Å². The molecular formula is C8H5BrN2O. The molecule has 0 unspecified atom stereocenters. The predicted molar refractivity (Wildman–Crippen MR) is 46.7 cm³/mol. The highest BCUT2D eigenvalue weighted by Crippen LogP contribution is 2.12. The minimum atomic E-state index is -2.93. The van der Waals surface area contributed by atoms with Crippen molar-refractivity contribution in [2.75, 3.05) is 0 Å². The van der Waals surface area contributed by atoms with Gasteiger partial charge in [-0.2, -0.15) is 5.26 Å².